The summed E-state index contributed by atoms with van der Waals surface area (Å²) in [5, 5.41) is 17.9. The number of benzene rings is 1. The first-order chi connectivity index (χ1) is 12.0. The number of anilines is 1. The lowest BCUT2D eigenvalue weighted by atomic mass is 10.0. The molecule has 4 rings (SSSR count). The molecule has 1 aromatic carbocycles. The Balaban J connectivity index is 1.69. The van der Waals surface area contributed by atoms with Crippen molar-refractivity contribution >= 4 is 17.0 Å². The second-order valence-corrected chi connectivity index (χ2v) is 6.20. The van der Waals surface area contributed by atoms with Gasteiger partial charge in [-0.25, -0.2) is 23.4 Å². The maximum atomic E-state index is 13.8. The zero-order chi connectivity index (χ0) is 17.4. The van der Waals surface area contributed by atoms with Crippen molar-refractivity contribution in [1.82, 2.24) is 25.0 Å². The number of aromatic nitrogens is 5. The number of halogens is 2. The Morgan fingerprint density at radius 2 is 2.00 bits per heavy atom. The van der Waals surface area contributed by atoms with Crippen LogP contribution in [0.5, 0.6) is 0 Å². The van der Waals surface area contributed by atoms with Gasteiger partial charge in [0, 0.05) is 13.0 Å². The normalized spacial score (nSPS) is 20.1. The van der Waals surface area contributed by atoms with Crippen LogP contribution in [-0.4, -0.2) is 55.2 Å². The topological polar surface area (TPSA) is 80.0 Å². The van der Waals surface area contributed by atoms with Crippen molar-refractivity contribution in [2.45, 2.75) is 25.0 Å². The summed E-state index contributed by atoms with van der Waals surface area (Å²) in [6.45, 7) is 0.0293. The van der Waals surface area contributed by atoms with Gasteiger partial charge in [0.15, 0.2) is 17.0 Å². The standard InChI is InChI=1S/C16H16F2N6O/c17-16(18)6-12(25)8-23(9-16)14-13-15(20-10-19-14)24(22-21-13)7-11-4-2-1-3-5-11/h1-5,10,12,25H,6-9H2. The lowest BCUT2D eigenvalue weighted by molar-refractivity contribution is -0.0531. The second-order valence-electron chi connectivity index (χ2n) is 6.20. The first kappa shape index (κ1) is 15.8. The van der Waals surface area contributed by atoms with Crippen molar-refractivity contribution in [1.29, 1.82) is 0 Å². The van der Waals surface area contributed by atoms with E-state index in [9.17, 15) is 13.9 Å². The van der Waals surface area contributed by atoms with E-state index in [1.807, 2.05) is 30.3 Å². The van der Waals surface area contributed by atoms with Crippen LogP contribution in [0.25, 0.3) is 11.2 Å². The first-order valence-corrected chi connectivity index (χ1v) is 7.91. The minimum atomic E-state index is -2.98. The Morgan fingerprint density at radius 1 is 1.20 bits per heavy atom. The summed E-state index contributed by atoms with van der Waals surface area (Å²) < 4.78 is 29.2. The van der Waals surface area contributed by atoms with Crippen LogP contribution in [0.4, 0.5) is 14.6 Å². The lowest BCUT2D eigenvalue weighted by Gasteiger charge is -2.35. The van der Waals surface area contributed by atoms with Gasteiger partial charge in [-0.05, 0) is 5.56 Å². The molecule has 0 spiro atoms. The van der Waals surface area contributed by atoms with Crippen molar-refractivity contribution in [2.24, 2.45) is 0 Å². The van der Waals surface area contributed by atoms with Gasteiger partial charge in [0.05, 0.1) is 19.2 Å². The van der Waals surface area contributed by atoms with Crippen LogP contribution in [0.3, 0.4) is 0 Å². The number of aliphatic hydroxyl groups is 1. The molecule has 1 aliphatic heterocycles. The summed E-state index contributed by atoms with van der Waals surface area (Å²) in [5.74, 6) is -2.71. The highest BCUT2D eigenvalue weighted by molar-refractivity contribution is 5.82. The Kier molecular flexibility index (Phi) is 3.79. The number of piperidine rings is 1. The average molecular weight is 346 g/mol. The van der Waals surface area contributed by atoms with Crippen LogP contribution in [0.1, 0.15) is 12.0 Å². The summed E-state index contributed by atoms with van der Waals surface area (Å²) in [5.41, 5.74) is 1.84. The van der Waals surface area contributed by atoms with Crippen LogP contribution in [0, 0.1) is 0 Å². The molecule has 0 bridgehead atoms. The van der Waals surface area contributed by atoms with Crippen LogP contribution in [0.15, 0.2) is 36.7 Å². The van der Waals surface area contributed by atoms with Gasteiger partial charge in [0.25, 0.3) is 5.92 Å². The molecule has 1 fully saturated rings. The summed E-state index contributed by atoms with van der Waals surface area (Å²) in [6, 6.07) is 9.68. The third-order valence-corrected chi connectivity index (χ3v) is 4.14. The fourth-order valence-corrected chi connectivity index (χ4v) is 3.11. The van der Waals surface area contributed by atoms with E-state index >= 15 is 0 Å². The predicted molar refractivity (Wildman–Crippen MR) is 86.4 cm³/mol. The Hall–Kier alpha value is -2.68. The average Bonchev–Trinajstić information content (AvgIpc) is 2.97. The molecule has 0 saturated carbocycles. The van der Waals surface area contributed by atoms with Crippen molar-refractivity contribution in [3.05, 3.63) is 42.2 Å². The predicted octanol–water partition coefficient (Wildman–Crippen LogP) is 1.48. The van der Waals surface area contributed by atoms with Gasteiger partial charge in [-0.2, -0.15) is 0 Å². The quantitative estimate of drug-likeness (QED) is 0.774. The number of alkyl halides is 2. The number of rotatable bonds is 3. The van der Waals surface area contributed by atoms with Gasteiger partial charge in [0.1, 0.15) is 6.33 Å². The highest BCUT2D eigenvalue weighted by Gasteiger charge is 2.41. The smallest absolute Gasteiger partial charge is 0.267 e. The molecule has 0 amide bonds. The Labute approximate surface area is 141 Å². The zero-order valence-electron chi connectivity index (χ0n) is 13.3. The van der Waals surface area contributed by atoms with E-state index in [0.717, 1.165) is 5.56 Å². The Bertz CT molecular complexity index is 885. The maximum absolute atomic E-state index is 13.8. The fourth-order valence-electron chi connectivity index (χ4n) is 3.11. The molecule has 1 N–H and O–H groups in total. The van der Waals surface area contributed by atoms with Gasteiger partial charge in [-0.1, -0.05) is 35.5 Å². The minimum absolute atomic E-state index is 0.0766. The van der Waals surface area contributed by atoms with E-state index in [1.165, 1.54) is 11.2 Å². The molecule has 2 aromatic heterocycles. The molecule has 1 aliphatic rings. The maximum Gasteiger partial charge on any atom is 0.267 e. The van der Waals surface area contributed by atoms with E-state index in [0.29, 0.717) is 17.7 Å². The molecule has 3 aromatic rings. The summed E-state index contributed by atoms with van der Waals surface area (Å²) in [6.07, 6.45) is -0.354. The van der Waals surface area contributed by atoms with Gasteiger partial charge in [-0.15, -0.1) is 5.10 Å². The van der Waals surface area contributed by atoms with E-state index < -0.39 is 25.0 Å². The van der Waals surface area contributed by atoms with Gasteiger partial charge < -0.3 is 10.0 Å². The molecule has 0 aliphatic carbocycles. The monoisotopic (exact) mass is 346 g/mol. The third kappa shape index (κ3) is 3.14. The molecule has 1 atom stereocenters. The van der Waals surface area contributed by atoms with E-state index in [2.05, 4.69) is 20.3 Å². The van der Waals surface area contributed by atoms with Gasteiger partial charge in [-0.3, -0.25) is 0 Å². The van der Waals surface area contributed by atoms with Crippen molar-refractivity contribution in [3.63, 3.8) is 0 Å². The van der Waals surface area contributed by atoms with E-state index in [4.69, 9.17) is 0 Å². The summed E-state index contributed by atoms with van der Waals surface area (Å²) in [4.78, 5) is 9.65. The highest BCUT2D eigenvalue weighted by Crippen LogP contribution is 2.31. The minimum Gasteiger partial charge on any atom is -0.391 e. The van der Waals surface area contributed by atoms with E-state index in [1.54, 1.807) is 4.68 Å². The number of aliphatic hydroxyl groups excluding tert-OH is 1. The van der Waals surface area contributed by atoms with Crippen LogP contribution >= 0.6 is 0 Å². The van der Waals surface area contributed by atoms with E-state index in [-0.39, 0.29) is 12.4 Å². The lowest BCUT2D eigenvalue weighted by Crippen LogP contribution is -2.49. The van der Waals surface area contributed by atoms with Crippen molar-refractivity contribution < 1.29 is 13.9 Å². The SMILES string of the molecule is OC1CN(c2ncnc3c2nnn3Cc2ccccc2)CC(F)(F)C1. The van der Waals surface area contributed by atoms with Crippen molar-refractivity contribution in [2.75, 3.05) is 18.0 Å². The number of nitrogens with zero attached hydrogens (tertiary/aromatic N) is 6. The van der Waals surface area contributed by atoms with Crippen LogP contribution < -0.4 is 4.90 Å². The molecule has 1 saturated heterocycles. The number of hydrogen-bond donors (Lipinski definition) is 1. The highest BCUT2D eigenvalue weighted by atomic mass is 19.3. The molecule has 130 valence electrons. The molecule has 9 heteroatoms. The molecule has 7 nitrogen and oxygen atoms in total. The molecule has 0 radical (unpaired) electrons. The van der Waals surface area contributed by atoms with Crippen molar-refractivity contribution in [3.8, 4) is 0 Å². The molecule has 1 unspecified atom stereocenters. The number of fused-ring (bicyclic) bond motifs is 1. The molecule has 25 heavy (non-hydrogen) atoms. The number of β-amino-alcohol motifs (C(OH)–C–C–N with tert-alkyl or cyclic N) is 1. The number of hydrogen-bond acceptors (Lipinski definition) is 6. The molecule has 3 heterocycles. The largest absolute Gasteiger partial charge is 0.391 e. The molecular weight excluding hydrogens is 330 g/mol. The zero-order valence-corrected chi connectivity index (χ0v) is 13.3. The third-order valence-electron chi connectivity index (χ3n) is 4.14. The van der Waals surface area contributed by atoms with Gasteiger partial charge in [0.2, 0.25) is 0 Å². The first-order valence-electron chi connectivity index (χ1n) is 7.91. The molecular formula is C16H16F2N6O. The summed E-state index contributed by atoms with van der Waals surface area (Å²) >= 11 is 0. The summed E-state index contributed by atoms with van der Waals surface area (Å²) in [7, 11) is 0. The van der Waals surface area contributed by atoms with Gasteiger partial charge >= 0.3 is 0 Å². The Morgan fingerprint density at radius 3 is 2.76 bits per heavy atom. The second kappa shape index (κ2) is 5.99. The fraction of sp³-hybridized carbons (Fsp3) is 0.375. The van der Waals surface area contributed by atoms with Crippen LogP contribution in [-0.2, 0) is 6.54 Å². The van der Waals surface area contributed by atoms with Crippen LogP contribution in [0.2, 0.25) is 0 Å².